The third-order valence-corrected chi connectivity index (χ3v) is 2.73. The van der Waals surface area contributed by atoms with Gasteiger partial charge in [-0.1, -0.05) is 35.5 Å². The van der Waals surface area contributed by atoms with Gasteiger partial charge in [0.2, 0.25) is 5.91 Å². The minimum atomic E-state index is -0.143. The first-order valence-corrected chi connectivity index (χ1v) is 5.92. The molecule has 0 heterocycles. The summed E-state index contributed by atoms with van der Waals surface area (Å²) in [6.45, 7) is 0.453. The van der Waals surface area contributed by atoms with Crippen molar-refractivity contribution in [2.75, 3.05) is 5.75 Å². The number of hydrogen-bond donors (Lipinski definition) is 3. The Morgan fingerprint density at radius 2 is 2.06 bits per heavy atom. The van der Waals surface area contributed by atoms with Gasteiger partial charge in [0.1, 0.15) is 0 Å². The number of halogens is 1. The maximum atomic E-state index is 11.3. The second kappa shape index (κ2) is 6.40. The molecule has 0 aliphatic carbocycles. The van der Waals surface area contributed by atoms with Crippen molar-refractivity contribution in [3.63, 3.8) is 0 Å². The molecule has 0 aromatic heterocycles. The Balaban J connectivity index is 2.31. The van der Waals surface area contributed by atoms with Gasteiger partial charge in [-0.25, -0.2) is 0 Å². The number of nitrogens with one attached hydrogen (secondary N) is 2. The highest BCUT2D eigenvalue weighted by atomic mass is 35.5. The minimum absolute atomic E-state index is 0.0540. The number of amidine groups is 1. The molecule has 0 aliphatic heterocycles. The molecule has 6 heteroatoms. The normalized spacial score (nSPS) is 9.81. The Morgan fingerprint density at radius 3 is 2.62 bits per heavy atom. The Labute approximate surface area is 103 Å². The van der Waals surface area contributed by atoms with Crippen molar-refractivity contribution in [3.05, 3.63) is 34.9 Å². The van der Waals surface area contributed by atoms with Crippen molar-refractivity contribution in [2.45, 2.75) is 6.54 Å². The molecule has 0 aliphatic rings. The molecule has 0 saturated heterocycles. The van der Waals surface area contributed by atoms with Gasteiger partial charge in [0, 0.05) is 11.6 Å². The molecule has 0 spiro atoms. The molecule has 4 N–H and O–H groups in total. The zero-order valence-corrected chi connectivity index (χ0v) is 10.1. The summed E-state index contributed by atoms with van der Waals surface area (Å²) in [5.74, 6) is 0.0262. The van der Waals surface area contributed by atoms with Gasteiger partial charge in [-0.3, -0.25) is 10.2 Å². The van der Waals surface area contributed by atoms with Crippen molar-refractivity contribution < 1.29 is 4.79 Å². The SMILES string of the molecule is N=C(N)SCC(=O)NCc1ccc(Cl)cc1. The van der Waals surface area contributed by atoms with Gasteiger partial charge >= 0.3 is 0 Å². The fraction of sp³-hybridized carbons (Fsp3) is 0.200. The highest BCUT2D eigenvalue weighted by Crippen LogP contribution is 2.09. The van der Waals surface area contributed by atoms with E-state index >= 15 is 0 Å². The standard InChI is InChI=1S/C10H12ClN3OS/c11-8-3-1-7(2-4-8)5-14-9(15)6-16-10(12)13/h1-4H,5-6H2,(H3,12,13)(H,14,15). The molecule has 1 aromatic carbocycles. The van der Waals surface area contributed by atoms with Crippen molar-refractivity contribution in [2.24, 2.45) is 5.73 Å². The summed E-state index contributed by atoms with van der Waals surface area (Å²) in [7, 11) is 0. The van der Waals surface area contributed by atoms with Crippen molar-refractivity contribution >= 4 is 34.4 Å². The molecule has 1 rings (SSSR count). The van der Waals surface area contributed by atoms with Gasteiger partial charge in [-0.2, -0.15) is 0 Å². The third kappa shape index (κ3) is 5.04. The lowest BCUT2D eigenvalue weighted by molar-refractivity contribution is -0.118. The van der Waals surface area contributed by atoms with Crippen molar-refractivity contribution in [1.29, 1.82) is 5.41 Å². The number of benzene rings is 1. The first-order valence-electron chi connectivity index (χ1n) is 4.56. The van der Waals surface area contributed by atoms with Crippen LogP contribution in [0.4, 0.5) is 0 Å². The Kier molecular flexibility index (Phi) is 5.14. The molecular formula is C10H12ClN3OS. The molecule has 0 atom stereocenters. The molecule has 16 heavy (non-hydrogen) atoms. The number of rotatable bonds is 4. The van der Waals surface area contributed by atoms with E-state index in [4.69, 9.17) is 22.7 Å². The fourth-order valence-electron chi connectivity index (χ4n) is 0.997. The van der Waals surface area contributed by atoms with Crippen LogP contribution in [0.25, 0.3) is 0 Å². The molecule has 0 radical (unpaired) electrons. The van der Waals surface area contributed by atoms with E-state index in [0.717, 1.165) is 17.3 Å². The zero-order valence-electron chi connectivity index (χ0n) is 8.50. The van der Waals surface area contributed by atoms with Crippen LogP contribution in [-0.4, -0.2) is 16.8 Å². The summed E-state index contributed by atoms with van der Waals surface area (Å²) in [6, 6.07) is 7.24. The van der Waals surface area contributed by atoms with Crippen LogP contribution < -0.4 is 11.1 Å². The van der Waals surface area contributed by atoms with Crippen LogP contribution in [0.3, 0.4) is 0 Å². The van der Waals surface area contributed by atoms with Gasteiger partial charge in [0.05, 0.1) is 5.75 Å². The average molecular weight is 258 g/mol. The number of thioether (sulfide) groups is 1. The van der Waals surface area contributed by atoms with Crippen LogP contribution in [-0.2, 0) is 11.3 Å². The second-order valence-corrected chi connectivity index (χ2v) is 4.51. The predicted octanol–water partition coefficient (Wildman–Crippen LogP) is 1.58. The maximum Gasteiger partial charge on any atom is 0.230 e. The highest BCUT2D eigenvalue weighted by molar-refractivity contribution is 8.14. The van der Waals surface area contributed by atoms with E-state index in [1.54, 1.807) is 12.1 Å². The summed E-state index contributed by atoms with van der Waals surface area (Å²) >= 11 is 6.74. The monoisotopic (exact) mass is 257 g/mol. The van der Waals surface area contributed by atoms with Crippen LogP contribution in [0.2, 0.25) is 5.02 Å². The van der Waals surface area contributed by atoms with Gasteiger partial charge in [-0.05, 0) is 17.7 Å². The van der Waals surface area contributed by atoms with Crippen LogP contribution in [0, 0.1) is 5.41 Å². The molecule has 0 bridgehead atoms. The maximum absolute atomic E-state index is 11.3. The van der Waals surface area contributed by atoms with E-state index < -0.39 is 0 Å². The molecule has 86 valence electrons. The summed E-state index contributed by atoms with van der Waals surface area (Å²) in [5.41, 5.74) is 6.09. The van der Waals surface area contributed by atoms with E-state index in [1.807, 2.05) is 12.1 Å². The smallest absolute Gasteiger partial charge is 0.230 e. The van der Waals surface area contributed by atoms with Gasteiger partial charge < -0.3 is 11.1 Å². The number of amides is 1. The number of nitrogens with two attached hydrogens (primary N) is 1. The fourth-order valence-corrected chi connectivity index (χ4v) is 1.51. The quantitative estimate of drug-likeness (QED) is 0.566. The lowest BCUT2D eigenvalue weighted by atomic mass is 10.2. The third-order valence-electron chi connectivity index (χ3n) is 1.76. The van der Waals surface area contributed by atoms with Crippen LogP contribution >= 0.6 is 23.4 Å². The van der Waals surface area contributed by atoms with Crippen molar-refractivity contribution in [3.8, 4) is 0 Å². The van der Waals surface area contributed by atoms with Crippen molar-refractivity contribution in [1.82, 2.24) is 5.32 Å². The minimum Gasteiger partial charge on any atom is -0.379 e. The predicted molar refractivity (Wildman–Crippen MR) is 67.7 cm³/mol. The molecule has 0 unspecified atom stereocenters. The Bertz CT molecular complexity index is 380. The highest BCUT2D eigenvalue weighted by Gasteiger charge is 2.02. The van der Waals surface area contributed by atoms with E-state index in [2.05, 4.69) is 5.32 Å². The van der Waals surface area contributed by atoms with Crippen LogP contribution in [0.15, 0.2) is 24.3 Å². The molecule has 0 saturated carbocycles. The Hall–Kier alpha value is -1.20. The van der Waals surface area contributed by atoms with E-state index in [0.29, 0.717) is 11.6 Å². The number of carbonyl (C=O) groups excluding carboxylic acids is 1. The second-order valence-electron chi connectivity index (χ2n) is 3.06. The first kappa shape index (κ1) is 12.9. The van der Waals surface area contributed by atoms with E-state index in [9.17, 15) is 4.79 Å². The molecule has 4 nitrogen and oxygen atoms in total. The first-order chi connectivity index (χ1) is 7.58. The Morgan fingerprint density at radius 1 is 1.44 bits per heavy atom. The van der Waals surface area contributed by atoms with Crippen LogP contribution in [0.1, 0.15) is 5.56 Å². The summed E-state index contributed by atoms with van der Waals surface area (Å²) < 4.78 is 0. The summed E-state index contributed by atoms with van der Waals surface area (Å²) in [4.78, 5) is 11.3. The molecular weight excluding hydrogens is 246 g/mol. The topological polar surface area (TPSA) is 79.0 Å². The lowest BCUT2D eigenvalue weighted by Gasteiger charge is -2.04. The van der Waals surface area contributed by atoms with E-state index in [-0.39, 0.29) is 16.8 Å². The summed E-state index contributed by atoms with van der Waals surface area (Å²) in [5, 5.41) is 10.3. The van der Waals surface area contributed by atoms with E-state index in [1.165, 1.54) is 0 Å². The van der Waals surface area contributed by atoms with Gasteiger partial charge in [0.25, 0.3) is 0 Å². The lowest BCUT2D eigenvalue weighted by Crippen LogP contribution is -2.25. The van der Waals surface area contributed by atoms with Gasteiger partial charge in [-0.15, -0.1) is 0 Å². The van der Waals surface area contributed by atoms with Gasteiger partial charge in [0.15, 0.2) is 5.17 Å². The number of hydrogen-bond acceptors (Lipinski definition) is 3. The molecule has 1 aromatic rings. The molecule has 1 amide bonds. The average Bonchev–Trinajstić information content (AvgIpc) is 2.25. The summed E-state index contributed by atoms with van der Waals surface area (Å²) in [6.07, 6.45) is 0. The molecule has 0 fully saturated rings. The van der Waals surface area contributed by atoms with Crippen LogP contribution in [0.5, 0.6) is 0 Å². The number of carbonyl (C=O) groups is 1. The zero-order chi connectivity index (χ0) is 12.0. The largest absolute Gasteiger partial charge is 0.379 e.